The molecule has 0 radical (unpaired) electrons. The van der Waals surface area contributed by atoms with E-state index >= 15 is 0 Å². The maximum Gasteiger partial charge on any atom is 0.0289 e. The van der Waals surface area contributed by atoms with Crippen molar-refractivity contribution in [1.82, 2.24) is 5.32 Å². The van der Waals surface area contributed by atoms with Crippen LogP contribution in [0, 0.1) is 5.92 Å². The van der Waals surface area contributed by atoms with Gasteiger partial charge in [-0.25, -0.2) is 0 Å². The number of rotatable bonds is 4. The number of hydrogen-bond acceptors (Lipinski definition) is 2. The second kappa shape index (κ2) is 5.24. The molecule has 1 aliphatic heterocycles. The zero-order valence-electron chi connectivity index (χ0n) is 10.4. The summed E-state index contributed by atoms with van der Waals surface area (Å²) >= 11 is 2.05. The molecule has 0 fully saturated rings. The van der Waals surface area contributed by atoms with Gasteiger partial charge >= 0.3 is 0 Å². The summed E-state index contributed by atoms with van der Waals surface area (Å²) in [5, 5.41) is 4.20. The molecule has 0 saturated heterocycles. The van der Waals surface area contributed by atoms with E-state index in [0.717, 1.165) is 5.92 Å². The third-order valence-electron chi connectivity index (χ3n) is 3.22. The van der Waals surface area contributed by atoms with Gasteiger partial charge in [-0.2, -0.15) is 0 Å². The van der Waals surface area contributed by atoms with Crippen molar-refractivity contribution < 1.29 is 0 Å². The Morgan fingerprint density at radius 1 is 1.38 bits per heavy atom. The number of fused-ring (bicyclic) bond motifs is 1. The van der Waals surface area contributed by atoms with Gasteiger partial charge in [0.25, 0.3) is 0 Å². The van der Waals surface area contributed by atoms with E-state index in [-0.39, 0.29) is 0 Å². The molecule has 1 aliphatic rings. The van der Waals surface area contributed by atoms with Crippen LogP contribution >= 0.6 is 11.8 Å². The molecule has 2 rings (SSSR count). The van der Waals surface area contributed by atoms with Crippen molar-refractivity contribution in [3.8, 4) is 0 Å². The van der Waals surface area contributed by atoms with Gasteiger partial charge in [-0.1, -0.05) is 32.0 Å². The van der Waals surface area contributed by atoms with Crippen LogP contribution in [-0.2, 0) is 6.42 Å². The number of nitrogens with one attached hydrogen (secondary N) is 1. The van der Waals surface area contributed by atoms with Crippen LogP contribution < -0.4 is 5.32 Å². The first-order chi connectivity index (χ1) is 7.70. The first kappa shape index (κ1) is 12.0. The van der Waals surface area contributed by atoms with Crippen LogP contribution in [0.2, 0.25) is 0 Å². The lowest BCUT2D eigenvalue weighted by Gasteiger charge is -2.23. The molecule has 16 heavy (non-hydrogen) atoms. The molecular weight excluding hydrogens is 214 g/mol. The molecule has 0 amide bonds. The Kier molecular flexibility index (Phi) is 3.93. The Balaban J connectivity index is 2.04. The van der Waals surface area contributed by atoms with Gasteiger partial charge in [0.05, 0.1) is 0 Å². The fourth-order valence-corrected chi connectivity index (χ4v) is 3.86. The van der Waals surface area contributed by atoms with Crippen molar-refractivity contribution in [3.05, 3.63) is 29.8 Å². The molecule has 2 atom stereocenters. The Bertz CT molecular complexity index is 323. The van der Waals surface area contributed by atoms with Crippen molar-refractivity contribution in [2.45, 2.75) is 42.9 Å². The molecule has 1 heterocycles. The van der Waals surface area contributed by atoms with Gasteiger partial charge < -0.3 is 5.32 Å². The third-order valence-corrected chi connectivity index (χ3v) is 4.67. The summed E-state index contributed by atoms with van der Waals surface area (Å²) in [6.45, 7) is 4.61. The predicted octanol–water partition coefficient (Wildman–Crippen LogP) is 3.34. The molecule has 0 spiro atoms. The van der Waals surface area contributed by atoms with Crippen LogP contribution in [0.3, 0.4) is 0 Å². The average Bonchev–Trinajstić information content (AvgIpc) is 2.68. The Labute approximate surface area is 103 Å². The van der Waals surface area contributed by atoms with Gasteiger partial charge in [0.1, 0.15) is 0 Å². The highest BCUT2D eigenvalue weighted by atomic mass is 32.2. The fraction of sp³-hybridized carbons (Fsp3) is 0.571. The van der Waals surface area contributed by atoms with E-state index in [2.05, 4.69) is 50.5 Å². The quantitative estimate of drug-likeness (QED) is 0.859. The maximum absolute atomic E-state index is 3.49. The van der Waals surface area contributed by atoms with Crippen molar-refractivity contribution >= 4 is 11.8 Å². The fourth-order valence-electron chi connectivity index (χ4n) is 2.40. The number of thioether (sulfide) groups is 1. The summed E-state index contributed by atoms with van der Waals surface area (Å²) in [5.41, 5.74) is 1.53. The number of hydrogen-bond donors (Lipinski definition) is 1. The Morgan fingerprint density at radius 3 is 2.75 bits per heavy atom. The summed E-state index contributed by atoms with van der Waals surface area (Å²) in [6, 6.07) is 9.45. The van der Waals surface area contributed by atoms with Gasteiger partial charge in [-0.05, 0) is 37.4 Å². The molecule has 1 aromatic carbocycles. The molecule has 0 aromatic heterocycles. The number of benzene rings is 1. The minimum absolute atomic E-state index is 0.636. The van der Waals surface area contributed by atoms with Crippen LogP contribution in [0.5, 0.6) is 0 Å². The molecule has 2 unspecified atom stereocenters. The van der Waals surface area contributed by atoms with E-state index in [9.17, 15) is 0 Å². The van der Waals surface area contributed by atoms with E-state index in [4.69, 9.17) is 0 Å². The molecule has 88 valence electrons. The molecule has 1 nitrogen and oxygen atoms in total. The SMILES string of the molecule is CNC(CC(C)C)C1Cc2ccccc2S1. The molecule has 2 heteroatoms. The first-order valence-corrected chi connectivity index (χ1v) is 7.00. The third kappa shape index (κ3) is 2.61. The second-order valence-corrected chi connectivity index (χ2v) is 6.27. The normalized spacial score (nSPS) is 21.1. The lowest BCUT2D eigenvalue weighted by molar-refractivity contribution is 0.432. The average molecular weight is 235 g/mol. The minimum atomic E-state index is 0.636. The van der Waals surface area contributed by atoms with Crippen molar-refractivity contribution in [2.75, 3.05) is 7.05 Å². The highest BCUT2D eigenvalue weighted by molar-refractivity contribution is 8.00. The molecule has 1 N–H and O–H groups in total. The predicted molar refractivity (Wildman–Crippen MR) is 72.1 cm³/mol. The van der Waals surface area contributed by atoms with Crippen molar-refractivity contribution in [3.63, 3.8) is 0 Å². The summed E-state index contributed by atoms with van der Waals surface area (Å²) < 4.78 is 0. The molecule has 0 aliphatic carbocycles. The molecular formula is C14H21NS. The lowest BCUT2D eigenvalue weighted by atomic mass is 9.97. The van der Waals surface area contributed by atoms with E-state index < -0.39 is 0 Å². The highest BCUT2D eigenvalue weighted by Crippen LogP contribution is 2.39. The zero-order chi connectivity index (χ0) is 11.5. The summed E-state index contributed by atoms with van der Waals surface area (Å²) in [6.07, 6.45) is 2.49. The summed E-state index contributed by atoms with van der Waals surface area (Å²) in [5.74, 6) is 0.766. The Hall–Kier alpha value is -0.470. The van der Waals surface area contributed by atoms with E-state index in [0.29, 0.717) is 11.3 Å². The maximum atomic E-state index is 3.49. The molecule has 0 bridgehead atoms. The standard InChI is InChI=1S/C14H21NS/c1-10(2)8-12(15-3)14-9-11-6-4-5-7-13(11)16-14/h4-7,10,12,14-15H,8-9H2,1-3H3. The van der Waals surface area contributed by atoms with Gasteiger partial charge in [0.15, 0.2) is 0 Å². The monoisotopic (exact) mass is 235 g/mol. The van der Waals surface area contributed by atoms with E-state index in [1.54, 1.807) is 0 Å². The highest BCUT2D eigenvalue weighted by Gasteiger charge is 2.28. The summed E-state index contributed by atoms with van der Waals surface area (Å²) in [7, 11) is 2.09. The zero-order valence-corrected chi connectivity index (χ0v) is 11.2. The van der Waals surface area contributed by atoms with Crippen LogP contribution in [0.4, 0.5) is 0 Å². The van der Waals surface area contributed by atoms with E-state index in [1.165, 1.54) is 23.3 Å². The van der Waals surface area contributed by atoms with Crippen molar-refractivity contribution in [2.24, 2.45) is 5.92 Å². The van der Waals surface area contributed by atoms with Gasteiger partial charge in [-0.15, -0.1) is 11.8 Å². The smallest absolute Gasteiger partial charge is 0.0289 e. The Morgan fingerprint density at radius 2 is 2.12 bits per heavy atom. The first-order valence-electron chi connectivity index (χ1n) is 6.12. The lowest BCUT2D eigenvalue weighted by Crippen LogP contribution is -2.36. The summed E-state index contributed by atoms with van der Waals surface area (Å²) in [4.78, 5) is 1.48. The minimum Gasteiger partial charge on any atom is -0.316 e. The molecule has 0 saturated carbocycles. The topological polar surface area (TPSA) is 12.0 Å². The van der Waals surface area contributed by atoms with E-state index in [1.807, 2.05) is 11.8 Å². The van der Waals surface area contributed by atoms with Crippen LogP contribution in [0.25, 0.3) is 0 Å². The van der Waals surface area contributed by atoms with Gasteiger partial charge in [-0.3, -0.25) is 0 Å². The van der Waals surface area contributed by atoms with Crippen molar-refractivity contribution in [1.29, 1.82) is 0 Å². The van der Waals surface area contributed by atoms with Gasteiger partial charge in [0, 0.05) is 16.2 Å². The largest absolute Gasteiger partial charge is 0.316 e. The second-order valence-electron chi connectivity index (χ2n) is 4.99. The van der Waals surface area contributed by atoms with Crippen LogP contribution in [-0.4, -0.2) is 18.3 Å². The van der Waals surface area contributed by atoms with Crippen LogP contribution in [0.1, 0.15) is 25.8 Å². The molecule has 1 aromatic rings. The van der Waals surface area contributed by atoms with Crippen LogP contribution in [0.15, 0.2) is 29.2 Å². The van der Waals surface area contributed by atoms with Gasteiger partial charge in [0.2, 0.25) is 0 Å².